The van der Waals surface area contributed by atoms with E-state index in [4.69, 9.17) is 5.73 Å². The summed E-state index contributed by atoms with van der Waals surface area (Å²) in [5, 5.41) is 4.36. The van der Waals surface area contributed by atoms with Crippen LogP contribution in [0.4, 0.5) is 22.0 Å². The molecule has 42 heavy (non-hydrogen) atoms. The van der Waals surface area contributed by atoms with Gasteiger partial charge in [-0.3, -0.25) is 19.3 Å². The van der Waals surface area contributed by atoms with Crippen LogP contribution >= 0.6 is 0 Å². The standard InChI is InChI=1S/C31H25F5N4O2/c1-15-27-29(23-13-25(23)31(27,35)36)39-40(15)14-21(41)10-18(7-16-8-19(32)12-20(33)9-16)28-22(3-2-6-38-28)17-4-5-26(34)24(11-17)30(37)42/h2-6,8-9,11-12,18,23,25H,7,10,13-14H2,1H3,(H2,37,42)/t18-,23?,25?/m1/s1. The molecule has 2 aliphatic carbocycles. The second kappa shape index (κ2) is 10.1. The Morgan fingerprint density at radius 3 is 2.52 bits per heavy atom. The maximum absolute atomic E-state index is 14.8. The Labute approximate surface area is 237 Å². The molecule has 0 aliphatic heterocycles. The zero-order chi connectivity index (χ0) is 29.9. The molecule has 1 amide bonds. The topological polar surface area (TPSA) is 90.9 Å². The Kier molecular flexibility index (Phi) is 6.70. The van der Waals surface area contributed by atoms with Crippen molar-refractivity contribution in [2.75, 3.05) is 0 Å². The lowest BCUT2D eigenvalue weighted by Gasteiger charge is -2.20. The van der Waals surface area contributed by atoms with Gasteiger partial charge < -0.3 is 5.73 Å². The van der Waals surface area contributed by atoms with Crippen LogP contribution in [0.1, 0.15) is 63.2 Å². The lowest BCUT2D eigenvalue weighted by molar-refractivity contribution is -0.120. The summed E-state index contributed by atoms with van der Waals surface area (Å²) in [7, 11) is 0. The monoisotopic (exact) mass is 580 g/mol. The molecule has 4 aromatic rings. The van der Waals surface area contributed by atoms with E-state index in [0.29, 0.717) is 28.9 Å². The number of hydrogen-bond acceptors (Lipinski definition) is 4. The van der Waals surface area contributed by atoms with Crippen LogP contribution in [0.25, 0.3) is 11.1 Å². The van der Waals surface area contributed by atoms with Crippen LogP contribution in [0.3, 0.4) is 0 Å². The van der Waals surface area contributed by atoms with Gasteiger partial charge in [-0.05, 0) is 61.2 Å². The number of benzene rings is 2. The number of rotatable bonds is 9. The molecular formula is C31H25F5N4O2. The van der Waals surface area contributed by atoms with Gasteiger partial charge in [0.1, 0.15) is 17.5 Å². The smallest absolute Gasteiger partial charge is 0.280 e. The summed E-state index contributed by atoms with van der Waals surface area (Å²) in [6.07, 6.45) is 1.69. The Hall–Kier alpha value is -4.41. The first-order valence-corrected chi connectivity index (χ1v) is 13.4. The molecule has 2 aromatic carbocycles. The highest BCUT2D eigenvalue weighted by Crippen LogP contribution is 2.67. The van der Waals surface area contributed by atoms with Crippen molar-refractivity contribution >= 4 is 11.7 Å². The van der Waals surface area contributed by atoms with Gasteiger partial charge in [0, 0.05) is 47.7 Å². The van der Waals surface area contributed by atoms with Gasteiger partial charge in [-0.1, -0.05) is 12.1 Å². The van der Waals surface area contributed by atoms with Crippen LogP contribution in [-0.4, -0.2) is 26.5 Å². The molecule has 216 valence electrons. The quantitative estimate of drug-likeness (QED) is 0.247. The van der Waals surface area contributed by atoms with E-state index in [-0.39, 0.29) is 53.5 Å². The number of primary amides is 1. The van der Waals surface area contributed by atoms with Crippen molar-refractivity contribution in [3.63, 3.8) is 0 Å². The van der Waals surface area contributed by atoms with Gasteiger partial charge in [-0.15, -0.1) is 0 Å². The van der Waals surface area contributed by atoms with E-state index in [1.54, 1.807) is 12.1 Å². The minimum Gasteiger partial charge on any atom is -0.366 e. The number of halogens is 5. The lowest BCUT2D eigenvalue weighted by Crippen LogP contribution is -2.20. The highest BCUT2D eigenvalue weighted by atomic mass is 19.3. The molecule has 2 N–H and O–H groups in total. The Morgan fingerprint density at radius 2 is 1.83 bits per heavy atom. The molecule has 0 saturated heterocycles. The number of carbonyl (C=O) groups excluding carboxylic acids is 2. The third-order valence-electron chi connectivity index (χ3n) is 8.15. The molecule has 2 heterocycles. The van der Waals surface area contributed by atoms with Crippen molar-refractivity contribution in [3.05, 3.63) is 106 Å². The van der Waals surface area contributed by atoms with Gasteiger partial charge in [0.2, 0.25) is 0 Å². The van der Waals surface area contributed by atoms with Gasteiger partial charge >= 0.3 is 0 Å². The molecule has 2 aliphatic rings. The van der Waals surface area contributed by atoms with E-state index in [1.165, 1.54) is 29.9 Å². The fourth-order valence-electron chi connectivity index (χ4n) is 6.13. The summed E-state index contributed by atoms with van der Waals surface area (Å²) in [4.78, 5) is 29.7. The fourth-order valence-corrected chi connectivity index (χ4v) is 6.13. The summed E-state index contributed by atoms with van der Waals surface area (Å²) in [6, 6.07) is 10.1. The number of nitrogens with two attached hydrogens (primary N) is 1. The maximum Gasteiger partial charge on any atom is 0.280 e. The highest BCUT2D eigenvalue weighted by molar-refractivity contribution is 5.94. The number of amides is 1. The molecule has 1 fully saturated rings. The van der Waals surface area contributed by atoms with Crippen molar-refractivity contribution in [2.45, 2.75) is 50.5 Å². The molecule has 3 atom stereocenters. The predicted molar refractivity (Wildman–Crippen MR) is 142 cm³/mol. The zero-order valence-corrected chi connectivity index (χ0v) is 22.4. The number of fused-ring (bicyclic) bond motifs is 3. The third kappa shape index (κ3) is 4.86. The lowest BCUT2D eigenvalue weighted by atomic mass is 9.86. The van der Waals surface area contributed by atoms with E-state index >= 15 is 0 Å². The molecule has 0 spiro atoms. The van der Waals surface area contributed by atoms with Crippen molar-refractivity contribution in [1.82, 2.24) is 14.8 Å². The molecule has 1 saturated carbocycles. The Balaban J connectivity index is 1.35. The highest BCUT2D eigenvalue weighted by Gasteiger charge is 2.66. The Bertz CT molecular complexity index is 1730. The van der Waals surface area contributed by atoms with Gasteiger partial charge in [0.25, 0.3) is 11.8 Å². The average molecular weight is 581 g/mol. The first-order chi connectivity index (χ1) is 19.9. The molecular weight excluding hydrogens is 555 g/mol. The van der Waals surface area contributed by atoms with E-state index < -0.39 is 41.1 Å². The van der Waals surface area contributed by atoms with Crippen LogP contribution < -0.4 is 5.73 Å². The van der Waals surface area contributed by atoms with Crippen LogP contribution in [0.5, 0.6) is 0 Å². The van der Waals surface area contributed by atoms with Gasteiger partial charge in [-0.2, -0.15) is 5.10 Å². The normalized spacial score (nSPS) is 18.8. The number of ketones is 1. The van der Waals surface area contributed by atoms with Gasteiger partial charge in [-0.25, -0.2) is 22.0 Å². The maximum atomic E-state index is 14.8. The fraction of sp³-hybridized carbons (Fsp3) is 0.290. The molecule has 2 aromatic heterocycles. The SMILES string of the molecule is Cc1c2c(nn1CC(=O)C[C@@H](Cc1cc(F)cc(F)c1)c1ncccc1-c1ccc(F)c(C(N)=O)c1)C1CC1C2(F)F. The number of pyridine rings is 1. The second-order valence-electron chi connectivity index (χ2n) is 11.0. The second-order valence-corrected chi connectivity index (χ2v) is 11.0. The van der Waals surface area contributed by atoms with Crippen molar-refractivity contribution < 1.29 is 31.5 Å². The number of carbonyl (C=O) groups is 2. The first kappa shape index (κ1) is 27.7. The zero-order valence-electron chi connectivity index (χ0n) is 22.4. The summed E-state index contributed by atoms with van der Waals surface area (Å²) >= 11 is 0. The van der Waals surface area contributed by atoms with Crippen LogP contribution in [0, 0.1) is 30.3 Å². The molecule has 6 nitrogen and oxygen atoms in total. The number of Topliss-reactive ketones (excluding diaryl/α,β-unsaturated/α-hetero) is 1. The minimum absolute atomic E-state index is 0.00468. The van der Waals surface area contributed by atoms with Crippen molar-refractivity contribution in [3.8, 4) is 11.1 Å². The molecule has 11 heteroatoms. The van der Waals surface area contributed by atoms with Crippen molar-refractivity contribution in [2.24, 2.45) is 11.7 Å². The predicted octanol–water partition coefficient (Wildman–Crippen LogP) is 5.96. The molecule has 0 bridgehead atoms. The summed E-state index contributed by atoms with van der Waals surface area (Å²) < 4.78 is 73.2. The number of alkyl halides is 2. The van der Waals surface area contributed by atoms with Crippen LogP contribution in [0.2, 0.25) is 0 Å². The minimum atomic E-state index is -2.98. The number of hydrogen-bond donors (Lipinski definition) is 1. The molecule has 2 unspecified atom stereocenters. The Morgan fingerprint density at radius 1 is 1.10 bits per heavy atom. The number of nitrogens with zero attached hydrogens (tertiary/aromatic N) is 3. The van der Waals surface area contributed by atoms with E-state index in [0.717, 1.165) is 24.3 Å². The summed E-state index contributed by atoms with van der Waals surface area (Å²) in [5.41, 5.74) is 6.98. The summed E-state index contributed by atoms with van der Waals surface area (Å²) in [5.74, 6) is -8.42. The van der Waals surface area contributed by atoms with Gasteiger partial charge in [0.05, 0.1) is 29.1 Å². The third-order valence-corrected chi connectivity index (χ3v) is 8.15. The van der Waals surface area contributed by atoms with E-state index in [1.807, 2.05) is 0 Å². The van der Waals surface area contributed by atoms with E-state index in [2.05, 4.69) is 10.1 Å². The van der Waals surface area contributed by atoms with Crippen molar-refractivity contribution in [1.29, 1.82) is 0 Å². The van der Waals surface area contributed by atoms with E-state index in [9.17, 15) is 31.5 Å². The van der Waals surface area contributed by atoms with Gasteiger partial charge in [0.15, 0.2) is 5.78 Å². The largest absolute Gasteiger partial charge is 0.366 e. The summed E-state index contributed by atoms with van der Waals surface area (Å²) in [6.45, 7) is 1.25. The van der Waals surface area contributed by atoms with Crippen LogP contribution in [-0.2, 0) is 23.7 Å². The van der Waals surface area contributed by atoms with Crippen LogP contribution in [0.15, 0.2) is 54.7 Å². The molecule has 0 radical (unpaired) electrons. The number of aromatic nitrogens is 3. The molecule has 6 rings (SSSR count). The average Bonchev–Trinajstić information content (AvgIpc) is 3.62. The first-order valence-electron chi connectivity index (χ1n) is 13.4.